The van der Waals surface area contributed by atoms with Crippen LogP contribution in [-0.4, -0.2) is 22.7 Å². The van der Waals surface area contributed by atoms with E-state index in [4.69, 9.17) is 0 Å². The summed E-state index contributed by atoms with van der Waals surface area (Å²) >= 11 is 0. The van der Waals surface area contributed by atoms with Crippen LogP contribution >= 0.6 is 0 Å². The molecule has 3 atom stereocenters. The van der Waals surface area contributed by atoms with Gasteiger partial charge in [-0.2, -0.15) is 0 Å². The minimum absolute atomic E-state index is 0.468. The lowest BCUT2D eigenvalue weighted by molar-refractivity contribution is 0.194. The van der Waals surface area contributed by atoms with Gasteiger partial charge in [-0.3, -0.25) is 4.98 Å². The summed E-state index contributed by atoms with van der Waals surface area (Å²) in [5, 5.41) is 9.41. The first-order valence-corrected chi connectivity index (χ1v) is 6.14. The smallest absolute Gasteiger partial charge is 0.0931 e. The van der Waals surface area contributed by atoms with Crippen molar-refractivity contribution in [2.24, 2.45) is 5.92 Å². The van der Waals surface area contributed by atoms with Gasteiger partial charge in [0.1, 0.15) is 0 Å². The number of hydrogen-bond donors (Lipinski definition) is 1. The molecular weight excluding hydrogens is 200 g/mol. The first-order valence-electron chi connectivity index (χ1n) is 6.14. The highest BCUT2D eigenvalue weighted by Gasteiger charge is 2.37. The minimum Gasteiger partial charge on any atom is -0.387 e. The zero-order chi connectivity index (χ0) is 11.1. The molecule has 3 rings (SSSR count). The monoisotopic (exact) mass is 218 g/mol. The van der Waals surface area contributed by atoms with Crippen molar-refractivity contribution in [3.63, 3.8) is 0 Å². The molecule has 2 aliphatic rings. The Morgan fingerprint density at radius 2 is 2.31 bits per heavy atom. The molecule has 0 radical (unpaired) electrons. The van der Waals surface area contributed by atoms with E-state index in [1.165, 1.54) is 31.5 Å². The molecule has 0 aromatic carbocycles. The van der Waals surface area contributed by atoms with Gasteiger partial charge in [0, 0.05) is 12.6 Å². The van der Waals surface area contributed by atoms with Gasteiger partial charge in [-0.05, 0) is 44.2 Å². The molecule has 2 fully saturated rings. The molecule has 16 heavy (non-hydrogen) atoms. The molecule has 3 heteroatoms. The van der Waals surface area contributed by atoms with E-state index in [9.17, 15) is 5.11 Å². The molecule has 0 spiro atoms. The van der Waals surface area contributed by atoms with Gasteiger partial charge < -0.3 is 10.0 Å². The standard InChI is InChI=1S/C13H18N2O/c1-9(16)13-5-4-12(7-14-13)15-8-10-2-3-11(15)6-10/h4-5,7,9-11,16H,2-3,6,8H2,1H3. The largest absolute Gasteiger partial charge is 0.387 e. The van der Waals surface area contributed by atoms with Crippen molar-refractivity contribution >= 4 is 5.69 Å². The maximum absolute atomic E-state index is 9.41. The Bertz CT molecular complexity index is 374. The molecule has 1 N–H and O–H groups in total. The van der Waals surface area contributed by atoms with Crippen LogP contribution in [0.5, 0.6) is 0 Å². The first kappa shape index (κ1) is 10.1. The maximum atomic E-state index is 9.41. The van der Waals surface area contributed by atoms with Crippen LogP contribution in [0.2, 0.25) is 0 Å². The number of rotatable bonds is 2. The third-order valence-corrected chi connectivity index (χ3v) is 3.94. The maximum Gasteiger partial charge on any atom is 0.0931 e. The third-order valence-electron chi connectivity index (χ3n) is 3.94. The van der Waals surface area contributed by atoms with E-state index < -0.39 is 6.10 Å². The van der Waals surface area contributed by atoms with Crippen molar-refractivity contribution < 1.29 is 5.11 Å². The molecule has 1 aliphatic heterocycles. The Kier molecular flexibility index (Phi) is 2.36. The van der Waals surface area contributed by atoms with Gasteiger partial charge in [0.25, 0.3) is 0 Å². The SMILES string of the molecule is CC(O)c1ccc(N2CC3CCC2C3)cn1. The summed E-state index contributed by atoms with van der Waals surface area (Å²) in [6.07, 6.45) is 5.54. The van der Waals surface area contributed by atoms with Gasteiger partial charge in [0.2, 0.25) is 0 Å². The highest BCUT2D eigenvalue weighted by molar-refractivity contribution is 5.48. The van der Waals surface area contributed by atoms with Crippen molar-refractivity contribution in [2.75, 3.05) is 11.4 Å². The van der Waals surface area contributed by atoms with Crippen LogP contribution in [0, 0.1) is 5.92 Å². The van der Waals surface area contributed by atoms with Crippen molar-refractivity contribution in [2.45, 2.75) is 38.3 Å². The van der Waals surface area contributed by atoms with Crippen LogP contribution in [0.15, 0.2) is 18.3 Å². The van der Waals surface area contributed by atoms with E-state index in [2.05, 4.69) is 16.0 Å². The quantitative estimate of drug-likeness (QED) is 0.826. The number of aliphatic hydroxyl groups is 1. The van der Waals surface area contributed by atoms with Gasteiger partial charge >= 0.3 is 0 Å². The summed E-state index contributed by atoms with van der Waals surface area (Å²) in [5.74, 6) is 0.904. The van der Waals surface area contributed by atoms with Gasteiger partial charge in [-0.15, -0.1) is 0 Å². The topological polar surface area (TPSA) is 36.4 Å². The van der Waals surface area contributed by atoms with Crippen LogP contribution in [0.25, 0.3) is 0 Å². The number of anilines is 1. The zero-order valence-corrected chi connectivity index (χ0v) is 9.63. The average molecular weight is 218 g/mol. The number of nitrogens with zero attached hydrogens (tertiary/aromatic N) is 2. The fraction of sp³-hybridized carbons (Fsp3) is 0.615. The van der Waals surface area contributed by atoms with Crippen LogP contribution in [0.1, 0.15) is 38.0 Å². The predicted molar refractivity (Wildman–Crippen MR) is 63.3 cm³/mol. The second kappa shape index (κ2) is 3.74. The van der Waals surface area contributed by atoms with Gasteiger partial charge in [0.05, 0.1) is 23.7 Å². The van der Waals surface area contributed by atoms with Crippen LogP contribution < -0.4 is 4.90 Å². The number of pyridine rings is 1. The Hall–Kier alpha value is -1.09. The number of aromatic nitrogens is 1. The van der Waals surface area contributed by atoms with Crippen molar-refractivity contribution in [3.05, 3.63) is 24.0 Å². The number of fused-ring (bicyclic) bond motifs is 2. The highest BCUT2D eigenvalue weighted by Crippen LogP contribution is 2.39. The predicted octanol–water partition coefficient (Wildman–Crippen LogP) is 2.12. The lowest BCUT2D eigenvalue weighted by Gasteiger charge is -2.28. The average Bonchev–Trinajstić information content (AvgIpc) is 2.91. The van der Waals surface area contributed by atoms with Crippen molar-refractivity contribution in [1.82, 2.24) is 4.98 Å². The summed E-state index contributed by atoms with van der Waals surface area (Å²) < 4.78 is 0. The van der Waals surface area contributed by atoms with Crippen LogP contribution in [-0.2, 0) is 0 Å². The van der Waals surface area contributed by atoms with Gasteiger partial charge in [-0.25, -0.2) is 0 Å². The lowest BCUT2D eigenvalue weighted by atomic mass is 10.1. The molecular formula is C13H18N2O. The fourth-order valence-corrected chi connectivity index (χ4v) is 3.06. The molecule has 1 saturated heterocycles. The summed E-state index contributed by atoms with van der Waals surface area (Å²) in [7, 11) is 0. The van der Waals surface area contributed by atoms with Crippen LogP contribution in [0.3, 0.4) is 0 Å². The minimum atomic E-state index is -0.468. The van der Waals surface area contributed by atoms with E-state index in [0.717, 1.165) is 17.7 Å². The van der Waals surface area contributed by atoms with Crippen LogP contribution in [0.4, 0.5) is 5.69 Å². The summed E-state index contributed by atoms with van der Waals surface area (Å²) in [6.45, 7) is 2.94. The van der Waals surface area contributed by atoms with E-state index in [1.54, 1.807) is 6.92 Å². The summed E-state index contributed by atoms with van der Waals surface area (Å²) in [5.41, 5.74) is 1.98. The number of aliphatic hydroxyl groups excluding tert-OH is 1. The Morgan fingerprint density at radius 1 is 1.44 bits per heavy atom. The lowest BCUT2D eigenvalue weighted by Crippen LogP contribution is -2.31. The summed E-state index contributed by atoms with van der Waals surface area (Å²) in [6, 6.07) is 4.77. The molecule has 1 aromatic heterocycles. The third kappa shape index (κ3) is 1.59. The normalized spacial score (nSPS) is 29.8. The number of hydrogen-bond acceptors (Lipinski definition) is 3. The molecule has 3 unspecified atom stereocenters. The van der Waals surface area contributed by atoms with E-state index in [-0.39, 0.29) is 0 Å². The van der Waals surface area contributed by atoms with Crippen molar-refractivity contribution in [3.8, 4) is 0 Å². The van der Waals surface area contributed by atoms with E-state index in [0.29, 0.717) is 0 Å². The first-order chi connectivity index (χ1) is 7.74. The molecule has 3 nitrogen and oxygen atoms in total. The molecule has 0 amide bonds. The molecule has 2 heterocycles. The van der Waals surface area contributed by atoms with Crippen molar-refractivity contribution in [1.29, 1.82) is 0 Å². The Balaban J connectivity index is 1.80. The Morgan fingerprint density at radius 3 is 2.81 bits per heavy atom. The molecule has 86 valence electrons. The van der Waals surface area contributed by atoms with E-state index in [1.807, 2.05) is 12.3 Å². The molecule has 1 aliphatic carbocycles. The Labute approximate surface area is 96.1 Å². The molecule has 1 aromatic rings. The second-order valence-corrected chi connectivity index (χ2v) is 5.10. The summed E-state index contributed by atoms with van der Waals surface area (Å²) in [4.78, 5) is 6.79. The van der Waals surface area contributed by atoms with E-state index >= 15 is 0 Å². The second-order valence-electron chi connectivity index (χ2n) is 5.10. The number of piperidine rings is 1. The highest BCUT2D eigenvalue weighted by atomic mass is 16.3. The fourth-order valence-electron chi connectivity index (χ4n) is 3.06. The molecule has 1 saturated carbocycles. The zero-order valence-electron chi connectivity index (χ0n) is 9.63. The molecule has 2 bridgehead atoms. The van der Waals surface area contributed by atoms with Gasteiger partial charge in [-0.1, -0.05) is 0 Å². The van der Waals surface area contributed by atoms with Gasteiger partial charge in [0.15, 0.2) is 0 Å².